The molecule has 0 radical (unpaired) electrons. The highest BCUT2D eigenvalue weighted by Crippen LogP contribution is 2.25. The zero-order chi connectivity index (χ0) is 14.7. The molecule has 0 N–H and O–H groups in total. The molecule has 1 aliphatic carbocycles. The average molecular weight is 298 g/mol. The number of nitro benzene ring substituents is 1. The number of esters is 1. The van der Waals surface area contributed by atoms with Gasteiger partial charge in [-0.15, -0.1) is 0 Å². The zero-order valence-electron chi connectivity index (χ0n) is 10.5. The first-order valence-corrected chi connectivity index (χ1v) is 6.54. The molecule has 20 heavy (non-hydrogen) atoms. The molecule has 0 aliphatic heterocycles. The number of rotatable bonds is 3. The van der Waals surface area contributed by atoms with Crippen LogP contribution in [0, 0.1) is 10.1 Å². The van der Waals surface area contributed by atoms with Crippen LogP contribution < -0.4 is 0 Å². The minimum Gasteiger partial charge on any atom is -0.451 e. The number of hydrogen-bond acceptors (Lipinski definition) is 5. The highest BCUT2D eigenvalue weighted by Gasteiger charge is 2.27. The molecular weight excluding hydrogens is 286 g/mol. The molecule has 0 aromatic heterocycles. The van der Waals surface area contributed by atoms with E-state index in [1.165, 1.54) is 12.1 Å². The fourth-order valence-corrected chi connectivity index (χ4v) is 2.30. The average Bonchev–Trinajstić information content (AvgIpc) is 2.41. The van der Waals surface area contributed by atoms with Crippen LogP contribution in [0.1, 0.15) is 36.0 Å². The van der Waals surface area contributed by atoms with Crippen LogP contribution in [-0.2, 0) is 9.53 Å². The molecule has 1 aliphatic rings. The summed E-state index contributed by atoms with van der Waals surface area (Å²) in [6, 6.07) is 3.49. The van der Waals surface area contributed by atoms with Crippen LogP contribution in [0.2, 0.25) is 5.02 Å². The largest absolute Gasteiger partial charge is 0.451 e. The second-order valence-electron chi connectivity index (χ2n) is 4.53. The summed E-state index contributed by atoms with van der Waals surface area (Å²) in [7, 11) is 0. The number of carbonyl (C=O) groups is 2. The fraction of sp³-hybridized carbons (Fsp3) is 0.385. The van der Waals surface area contributed by atoms with Crippen LogP contribution >= 0.6 is 11.6 Å². The summed E-state index contributed by atoms with van der Waals surface area (Å²) in [5, 5.41) is 10.5. The van der Waals surface area contributed by atoms with Crippen LogP contribution in [0.5, 0.6) is 0 Å². The van der Waals surface area contributed by atoms with E-state index in [4.69, 9.17) is 16.3 Å². The number of non-ortho nitro benzene ring substituents is 1. The number of Topliss-reactive ketones (excluding diaryl/α,β-unsaturated/α-hetero) is 1. The zero-order valence-corrected chi connectivity index (χ0v) is 11.3. The molecule has 0 bridgehead atoms. The topological polar surface area (TPSA) is 86.5 Å². The third-order valence-electron chi connectivity index (χ3n) is 3.13. The number of nitro groups is 1. The number of benzene rings is 1. The minimum atomic E-state index is -0.734. The number of carbonyl (C=O) groups excluding carboxylic acids is 2. The highest BCUT2D eigenvalue weighted by molar-refractivity contribution is 6.33. The van der Waals surface area contributed by atoms with E-state index in [0.29, 0.717) is 12.8 Å². The molecule has 106 valence electrons. The van der Waals surface area contributed by atoms with Gasteiger partial charge in [-0.1, -0.05) is 11.6 Å². The van der Waals surface area contributed by atoms with E-state index in [-0.39, 0.29) is 22.1 Å². The quantitative estimate of drug-likeness (QED) is 0.486. The van der Waals surface area contributed by atoms with E-state index in [1.54, 1.807) is 0 Å². The van der Waals surface area contributed by atoms with E-state index in [1.807, 2.05) is 0 Å². The van der Waals surface area contributed by atoms with E-state index in [9.17, 15) is 19.7 Å². The Morgan fingerprint density at radius 1 is 1.40 bits per heavy atom. The van der Waals surface area contributed by atoms with Crippen molar-refractivity contribution < 1.29 is 19.2 Å². The first kappa shape index (κ1) is 14.5. The Labute approximate surface area is 119 Å². The standard InChI is InChI=1S/C13H12ClNO5/c14-10-7-8(15(18)19)5-6-9(10)13(17)20-12-4-2-1-3-11(12)16/h5-7,12H,1-4H2/t12-/m0/s1. The molecule has 1 saturated carbocycles. The van der Waals surface area contributed by atoms with E-state index < -0.39 is 17.0 Å². The SMILES string of the molecule is O=C(O[C@H]1CCCCC1=O)c1ccc([N+](=O)[O-])cc1Cl. The molecule has 0 unspecified atom stereocenters. The lowest BCUT2D eigenvalue weighted by Gasteiger charge is -2.20. The first-order chi connectivity index (χ1) is 9.49. The molecule has 1 aromatic carbocycles. The number of ketones is 1. The summed E-state index contributed by atoms with van der Waals surface area (Å²) in [6.07, 6.45) is 1.83. The van der Waals surface area contributed by atoms with Crippen molar-refractivity contribution in [2.45, 2.75) is 31.8 Å². The van der Waals surface area contributed by atoms with Crippen LogP contribution in [0.15, 0.2) is 18.2 Å². The minimum absolute atomic E-state index is 0.0237. The molecule has 7 heteroatoms. The Hall–Kier alpha value is -1.95. The lowest BCUT2D eigenvalue weighted by Crippen LogP contribution is -2.30. The van der Waals surface area contributed by atoms with E-state index >= 15 is 0 Å². The van der Waals surface area contributed by atoms with Gasteiger partial charge in [0.15, 0.2) is 11.9 Å². The van der Waals surface area contributed by atoms with Gasteiger partial charge in [-0.25, -0.2) is 4.79 Å². The monoisotopic (exact) mass is 297 g/mol. The van der Waals surface area contributed by atoms with Crippen LogP contribution in [0.25, 0.3) is 0 Å². The third kappa shape index (κ3) is 3.14. The highest BCUT2D eigenvalue weighted by atomic mass is 35.5. The molecule has 1 atom stereocenters. The fourth-order valence-electron chi connectivity index (χ4n) is 2.05. The van der Waals surface area contributed by atoms with Gasteiger partial charge < -0.3 is 4.74 Å². The van der Waals surface area contributed by atoms with Crippen molar-refractivity contribution in [3.8, 4) is 0 Å². The number of halogens is 1. The Balaban J connectivity index is 2.13. The van der Waals surface area contributed by atoms with Crippen molar-refractivity contribution in [2.75, 3.05) is 0 Å². The van der Waals surface area contributed by atoms with Gasteiger partial charge in [0.1, 0.15) is 0 Å². The van der Waals surface area contributed by atoms with Gasteiger partial charge in [0.25, 0.3) is 5.69 Å². The van der Waals surface area contributed by atoms with E-state index in [0.717, 1.165) is 18.9 Å². The van der Waals surface area contributed by atoms with Gasteiger partial charge in [-0.05, 0) is 25.3 Å². The van der Waals surface area contributed by atoms with Crippen molar-refractivity contribution in [3.05, 3.63) is 38.9 Å². The lowest BCUT2D eigenvalue weighted by molar-refractivity contribution is -0.384. The summed E-state index contributed by atoms with van der Waals surface area (Å²) in [6.45, 7) is 0. The van der Waals surface area contributed by atoms with Crippen LogP contribution in [0.3, 0.4) is 0 Å². The summed E-state index contributed by atoms with van der Waals surface area (Å²) < 4.78 is 5.13. The van der Waals surface area contributed by atoms with Crippen LogP contribution in [-0.4, -0.2) is 22.8 Å². The third-order valence-corrected chi connectivity index (χ3v) is 3.44. The Morgan fingerprint density at radius 3 is 2.75 bits per heavy atom. The number of ether oxygens (including phenoxy) is 1. The van der Waals surface area contributed by atoms with Gasteiger partial charge in [-0.2, -0.15) is 0 Å². The Morgan fingerprint density at radius 2 is 2.15 bits per heavy atom. The predicted octanol–water partition coefficient (Wildman–Crippen LogP) is 2.92. The van der Waals surface area contributed by atoms with Gasteiger partial charge >= 0.3 is 5.97 Å². The van der Waals surface area contributed by atoms with Gasteiger partial charge in [0.2, 0.25) is 0 Å². The summed E-state index contributed by atoms with van der Waals surface area (Å²) in [4.78, 5) is 33.5. The van der Waals surface area contributed by atoms with Crippen molar-refractivity contribution in [1.82, 2.24) is 0 Å². The van der Waals surface area contributed by atoms with Crippen molar-refractivity contribution in [2.24, 2.45) is 0 Å². The predicted molar refractivity (Wildman–Crippen MR) is 70.8 cm³/mol. The number of nitrogens with zero attached hydrogens (tertiary/aromatic N) is 1. The Bertz CT molecular complexity index is 572. The second-order valence-corrected chi connectivity index (χ2v) is 4.93. The molecule has 6 nitrogen and oxygen atoms in total. The van der Waals surface area contributed by atoms with E-state index in [2.05, 4.69) is 0 Å². The summed E-state index contributed by atoms with van der Waals surface area (Å²) in [5.41, 5.74) is -0.184. The maximum absolute atomic E-state index is 11.9. The van der Waals surface area contributed by atoms with Gasteiger partial charge in [-0.3, -0.25) is 14.9 Å². The molecule has 0 heterocycles. The van der Waals surface area contributed by atoms with Crippen molar-refractivity contribution >= 4 is 29.0 Å². The summed E-state index contributed by atoms with van der Waals surface area (Å²) in [5.74, 6) is -0.826. The van der Waals surface area contributed by atoms with Crippen molar-refractivity contribution in [1.29, 1.82) is 0 Å². The smallest absolute Gasteiger partial charge is 0.340 e. The number of hydrogen-bond donors (Lipinski definition) is 0. The summed E-state index contributed by atoms with van der Waals surface area (Å²) >= 11 is 5.83. The maximum atomic E-state index is 11.9. The van der Waals surface area contributed by atoms with Gasteiger partial charge in [0.05, 0.1) is 15.5 Å². The molecular formula is C13H12ClNO5. The molecule has 0 spiro atoms. The molecule has 1 fully saturated rings. The molecule has 1 aromatic rings. The molecule has 0 saturated heterocycles. The normalized spacial score (nSPS) is 18.6. The first-order valence-electron chi connectivity index (χ1n) is 6.16. The second kappa shape index (κ2) is 6.00. The maximum Gasteiger partial charge on any atom is 0.340 e. The van der Waals surface area contributed by atoms with Crippen molar-refractivity contribution in [3.63, 3.8) is 0 Å². The molecule has 2 rings (SSSR count). The van der Waals surface area contributed by atoms with Crippen LogP contribution in [0.4, 0.5) is 5.69 Å². The van der Waals surface area contributed by atoms with Gasteiger partial charge in [0, 0.05) is 18.6 Å². The lowest BCUT2D eigenvalue weighted by atomic mass is 9.96. The molecule has 0 amide bonds. The Kier molecular flexibility index (Phi) is 4.34.